The van der Waals surface area contributed by atoms with Gasteiger partial charge in [-0.05, 0) is 49.2 Å². The van der Waals surface area contributed by atoms with Crippen LogP contribution < -0.4 is 9.64 Å². The lowest BCUT2D eigenvalue weighted by Crippen LogP contribution is -2.45. The van der Waals surface area contributed by atoms with E-state index in [0.717, 1.165) is 28.1 Å². The van der Waals surface area contributed by atoms with Gasteiger partial charge in [0.25, 0.3) is 5.91 Å². The van der Waals surface area contributed by atoms with E-state index in [9.17, 15) is 9.18 Å². The third kappa shape index (κ3) is 4.16. The summed E-state index contributed by atoms with van der Waals surface area (Å²) < 4.78 is 26.0. The lowest BCUT2D eigenvalue weighted by atomic mass is 9.88. The number of halogens is 1. The van der Waals surface area contributed by atoms with Crippen molar-refractivity contribution in [1.82, 2.24) is 0 Å². The van der Waals surface area contributed by atoms with Gasteiger partial charge in [-0.2, -0.15) is 0 Å². The van der Waals surface area contributed by atoms with Gasteiger partial charge in [0, 0.05) is 12.0 Å². The van der Waals surface area contributed by atoms with Crippen molar-refractivity contribution in [2.45, 2.75) is 38.0 Å². The highest BCUT2D eigenvalue weighted by molar-refractivity contribution is 6.07. The number of rotatable bonds is 5. The van der Waals surface area contributed by atoms with Gasteiger partial charge in [0.05, 0.1) is 18.3 Å². The number of carbonyl (C=O) groups is 1. The van der Waals surface area contributed by atoms with Crippen LogP contribution in [0.4, 0.5) is 10.1 Å². The predicted molar refractivity (Wildman–Crippen MR) is 126 cm³/mol. The van der Waals surface area contributed by atoms with E-state index in [0.29, 0.717) is 26.0 Å². The molecule has 2 heterocycles. The molecule has 1 spiro atoms. The van der Waals surface area contributed by atoms with Crippen molar-refractivity contribution >= 4 is 11.6 Å². The Morgan fingerprint density at radius 1 is 1.03 bits per heavy atom. The van der Waals surface area contributed by atoms with Crippen molar-refractivity contribution in [3.63, 3.8) is 0 Å². The molecule has 0 aliphatic carbocycles. The lowest BCUT2D eigenvalue weighted by Gasteiger charge is -2.31. The number of carbonyl (C=O) groups excluding carboxylic acids is 1. The molecule has 2 atom stereocenters. The molecule has 5 heteroatoms. The average Bonchev–Trinajstić information content (AvgIpc) is 2.95. The number of benzene rings is 3. The van der Waals surface area contributed by atoms with Crippen LogP contribution in [0.1, 0.15) is 30.9 Å². The second-order valence-corrected chi connectivity index (χ2v) is 8.69. The second-order valence-electron chi connectivity index (χ2n) is 8.69. The maximum Gasteiger partial charge on any atom is 0.264 e. The minimum absolute atomic E-state index is 0.0904. The summed E-state index contributed by atoms with van der Waals surface area (Å²) in [5.74, 6) is 0.390. The van der Waals surface area contributed by atoms with Gasteiger partial charge in [0.1, 0.15) is 18.2 Å². The van der Waals surface area contributed by atoms with E-state index in [2.05, 4.69) is 6.08 Å². The van der Waals surface area contributed by atoms with Crippen LogP contribution in [-0.2, 0) is 21.7 Å². The molecule has 0 bridgehead atoms. The zero-order valence-electron chi connectivity index (χ0n) is 18.5. The summed E-state index contributed by atoms with van der Waals surface area (Å²) >= 11 is 0. The quantitative estimate of drug-likeness (QED) is 0.470. The van der Waals surface area contributed by atoms with Gasteiger partial charge in [-0.15, -0.1) is 0 Å². The zero-order valence-corrected chi connectivity index (χ0v) is 18.5. The van der Waals surface area contributed by atoms with Gasteiger partial charge in [0.2, 0.25) is 0 Å². The first-order valence-corrected chi connectivity index (χ1v) is 11.2. The van der Waals surface area contributed by atoms with Crippen LogP contribution in [0.5, 0.6) is 5.75 Å². The van der Waals surface area contributed by atoms with Crippen molar-refractivity contribution in [1.29, 1.82) is 0 Å². The SMILES string of the molecule is CC1=CCC(COc2ccccc2)OC2(C1)C(=O)N(Cc1ccc(F)cc1)c1ccccc12. The molecule has 1 amide bonds. The average molecular weight is 444 g/mol. The first-order chi connectivity index (χ1) is 16.0. The lowest BCUT2D eigenvalue weighted by molar-refractivity contribution is -0.154. The van der Waals surface area contributed by atoms with E-state index in [1.54, 1.807) is 17.0 Å². The molecule has 168 valence electrons. The number of hydrogen-bond acceptors (Lipinski definition) is 3. The number of para-hydroxylation sites is 2. The first-order valence-electron chi connectivity index (χ1n) is 11.2. The molecule has 3 aromatic rings. The summed E-state index contributed by atoms with van der Waals surface area (Å²) in [6, 6.07) is 23.7. The summed E-state index contributed by atoms with van der Waals surface area (Å²) in [5, 5.41) is 0. The van der Waals surface area contributed by atoms with Gasteiger partial charge in [0.15, 0.2) is 5.60 Å². The van der Waals surface area contributed by atoms with Gasteiger partial charge in [-0.1, -0.05) is 60.2 Å². The highest BCUT2D eigenvalue weighted by Crippen LogP contribution is 2.48. The van der Waals surface area contributed by atoms with Gasteiger partial charge >= 0.3 is 0 Å². The Morgan fingerprint density at radius 2 is 1.76 bits per heavy atom. The molecule has 0 saturated carbocycles. The Hall–Kier alpha value is -3.44. The molecule has 2 aliphatic rings. The molecule has 2 aliphatic heterocycles. The Balaban J connectivity index is 1.46. The predicted octanol–water partition coefficient (Wildman–Crippen LogP) is 5.77. The fourth-order valence-corrected chi connectivity index (χ4v) is 4.69. The normalized spacial score (nSPS) is 22.1. The molecule has 0 saturated heterocycles. The summed E-state index contributed by atoms with van der Waals surface area (Å²) in [5.41, 5.74) is 2.59. The summed E-state index contributed by atoms with van der Waals surface area (Å²) in [4.78, 5) is 15.7. The zero-order chi connectivity index (χ0) is 22.8. The van der Waals surface area contributed by atoms with Crippen LogP contribution >= 0.6 is 0 Å². The van der Waals surface area contributed by atoms with Crippen LogP contribution in [0.2, 0.25) is 0 Å². The van der Waals surface area contributed by atoms with E-state index in [1.807, 2.05) is 61.5 Å². The van der Waals surface area contributed by atoms with E-state index in [-0.39, 0.29) is 17.8 Å². The van der Waals surface area contributed by atoms with Crippen LogP contribution in [0.3, 0.4) is 0 Å². The van der Waals surface area contributed by atoms with Gasteiger partial charge in [-0.3, -0.25) is 4.79 Å². The van der Waals surface area contributed by atoms with Crippen LogP contribution in [0.25, 0.3) is 0 Å². The standard InChI is InChI=1S/C28H26FNO3/c1-20-11-16-24(19-32-23-7-3-2-4-8-23)33-28(17-20)25-9-5-6-10-26(25)30(27(28)31)18-21-12-14-22(29)15-13-21/h2-15,24H,16-19H2,1H3. The molecule has 3 aromatic carbocycles. The number of fused-ring (bicyclic) bond motifs is 2. The molecule has 33 heavy (non-hydrogen) atoms. The maximum absolute atomic E-state index is 14.0. The van der Waals surface area contributed by atoms with Crippen molar-refractivity contribution in [2.75, 3.05) is 11.5 Å². The Kier molecular flexibility index (Phi) is 5.73. The van der Waals surface area contributed by atoms with Crippen molar-refractivity contribution in [3.05, 3.63) is 107 Å². The number of ether oxygens (including phenoxy) is 2. The molecule has 0 radical (unpaired) electrons. The van der Waals surface area contributed by atoms with Crippen molar-refractivity contribution < 1.29 is 18.7 Å². The molecular formula is C28H26FNO3. The Morgan fingerprint density at radius 3 is 2.55 bits per heavy atom. The first kappa shape index (κ1) is 21.4. The van der Waals surface area contributed by atoms with Crippen LogP contribution in [-0.4, -0.2) is 18.6 Å². The van der Waals surface area contributed by atoms with Gasteiger partial charge in [-0.25, -0.2) is 4.39 Å². The minimum Gasteiger partial charge on any atom is -0.491 e. The molecule has 4 nitrogen and oxygen atoms in total. The van der Waals surface area contributed by atoms with Gasteiger partial charge < -0.3 is 14.4 Å². The number of anilines is 1. The fourth-order valence-electron chi connectivity index (χ4n) is 4.69. The minimum atomic E-state index is -1.10. The summed E-state index contributed by atoms with van der Waals surface area (Å²) in [6.45, 7) is 2.75. The number of hydrogen-bond donors (Lipinski definition) is 0. The summed E-state index contributed by atoms with van der Waals surface area (Å²) in [7, 11) is 0. The largest absolute Gasteiger partial charge is 0.491 e. The Labute approximate surface area is 193 Å². The second kappa shape index (κ2) is 8.83. The molecular weight excluding hydrogens is 417 g/mol. The van der Waals surface area contributed by atoms with E-state index < -0.39 is 5.60 Å². The van der Waals surface area contributed by atoms with Crippen LogP contribution in [0.15, 0.2) is 90.5 Å². The highest BCUT2D eigenvalue weighted by Gasteiger charge is 2.53. The molecule has 0 N–H and O–H groups in total. The highest BCUT2D eigenvalue weighted by atomic mass is 19.1. The van der Waals surface area contributed by atoms with Crippen molar-refractivity contribution in [3.8, 4) is 5.75 Å². The third-order valence-corrected chi connectivity index (χ3v) is 6.28. The van der Waals surface area contributed by atoms with E-state index >= 15 is 0 Å². The van der Waals surface area contributed by atoms with E-state index in [4.69, 9.17) is 9.47 Å². The number of amides is 1. The topological polar surface area (TPSA) is 38.8 Å². The molecule has 0 fully saturated rings. The maximum atomic E-state index is 14.0. The van der Waals surface area contributed by atoms with Crippen LogP contribution in [0, 0.1) is 5.82 Å². The fraction of sp³-hybridized carbons (Fsp3) is 0.250. The molecule has 2 unspecified atom stereocenters. The molecule has 0 aromatic heterocycles. The monoisotopic (exact) mass is 443 g/mol. The molecule has 5 rings (SSSR count). The van der Waals surface area contributed by atoms with Crippen molar-refractivity contribution in [2.24, 2.45) is 0 Å². The smallest absolute Gasteiger partial charge is 0.264 e. The van der Waals surface area contributed by atoms with E-state index in [1.165, 1.54) is 12.1 Å². The Bertz CT molecular complexity index is 1180. The summed E-state index contributed by atoms with van der Waals surface area (Å²) in [6.07, 6.45) is 3.04. The number of nitrogens with zero attached hydrogens (tertiary/aromatic N) is 1. The third-order valence-electron chi connectivity index (χ3n) is 6.28.